The average Bonchev–Trinajstić information content (AvgIpc) is 2.00. The number of alkyl halides is 3. The van der Waals surface area contributed by atoms with Crippen molar-refractivity contribution in [2.75, 3.05) is 26.4 Å². The smallest absolute Gasteiger partial charge is 0.463 e. The molecule has 0 aliphatic heterocycles. The number of rotatable bonds is 6. The van der Waals surface area contributed by atoms with Gasteiger partial charge in [0.2, 0.25) is 0 Å². The Hall–Kier alpha value is -0.820. The van der Waals surface area contributed by atoms with Gasteiger partial charge in [0.15, 0.2) is 0 Å². The van der Waals surface area contributed by atoms with E-state index in [9.17, 15) is 18.0 Å². The van der Waals surface area contributed by atoms with Crippen molar-refractivity contribution in [3.63, 3.8) is 0 Å². The number of carbonyl (C=O) groups excluding carboxylic acids is 1. The number of halogens is 3. The number of hydrogen-bond acceptors (Lipinski definition) is 4. The molecule has 84 valence electrons. The molecule has 0 aromatic rings. The monoisotopic (exact) mass is 216 g/mol. The lowest BCUT2D eigenvalue weighted by atomic mass is 10.7. The van der Waals surface area contributed by atoms with Crippen LogP contribution in [0, 0.1) is 0 Å². The van der Waals surface area contributed by atoms with Crippen LogP contribution in [0.1, 0.15) is 6.92 Å². The quantitative estimate of drug-likeness (QED) is 0.492. The maximum atomic E-state index is 11.4. The molecule has 0 aromatic carbocycles. The molecular weight excluding hydrogens is 205 g/mol. The first-order valence-corrected chi connectivity index (χ1v) is 3.83. The Bertz CT molecular complexity index is 169. The second-order valence-corrected chi connectivity index (χ2v) is 2.25. The van der Waals surface area contributed by atoms with Gasteiger partial charge >= 0.3 is 12.3 Å². The molecule has 0 unspecified atom stereocenters. The van der Waals surface area contributed by atoms with Crippen LogP contribution in [0.2, 0.25) is 0 Å². The molecule has 0 fully saturated rings. The van der Waals surface area contributed by atoms with E-state index >= 15 is 0 Å². The fourth-order valence-electron chi connectivity index (χ4n) is 0.563. The third kappa shape index (κ3) is 11.2. The molecule has 0 bridgehead atoms. The van der Waals surface area contributed by atoms with Gasteiger partial charge in [0.1, 0.15) is 6.61 Å². The Kier molecular flexibility index (Phi) is 6.22. The molecule has 0 aromatic heterocycles. The molecule has 0 amide bonds. The average molecular weight is 216 g/mol. The van der Waals surface area contributed by atoms with Crippen LogP contribution in [-0.2, 0) is 19.0 Å². The van der Waals surface area contributed by atoms with Gasteiger partial charge in [0.25, 0.3) is 0 Å². The summed E-state index contributed by atoms with van der Waals surface area (Å²) in [5.74, 6) is -0.458. The minimum atomic E-state index is -4.63. The summed E-state index contributed by atoms with van der Waals surface area (Å²) in [4.78, 5) is 10.2. The second-order valence-electron chi connectivity index (χ2n) is 2.25. The fraction of sp³-hybridized carbons (Fsp3) is 0.857. The number of esters is 1. The Labute approximate surface area is 78.9 Å². The van der Waals surface area contributed by atoms with Crippen molar-refractivity contribution in [1.82, 2.24) is 0 Å². The van der Waals surface area contributed by atoms with Gasteiger partial charge in [-0.15, -0.1) is 13.2 Å². The van der Waals surface area contributed by atoms with E-state index in [2.05, 4.69) is 14.2 Å². The van der Waals surface area contributed by atoms with Crippen LogP contribution in [-0.4, -0.2) is 38.8 Å². The van der Waals surface area contributed by atoms with Crippen molar-refractivity contribution in [2.24, 2.45) is 0 Å². The van der Waals surface area contributed by atoms with Gasteiger partial charge in [0.05, 0.1) is 19.8 Å². The summed E-state index contributed by atoms with van der Waals surface area (Å²) in [7, 11) is 0. The third-order valence-electron chi connectivity index (χ3n) is 1.03. The Morgan fingerprint density at radius 2 is 1.71 bits per heavy atom. The van der Waals surface area contributed by atoms with Crippen LogP contribution in [0.4, 0.5) is 13.2 Å². The van der Waals surface area contributed by atoms with Crippen LogP contribution >= 0.6 is 0 Å². The molecule has 0 heterocycles. The Morgan fingerprint density at radius 1 is 1.14 bits per heavy atom. The van der Waals surface area contributed by atoms with Crippen molar-refractivity contribution in [3.8, 4) is 0 Å². The zero-order chi connectivity index (χ0) is 11.0. The molecule has 0 rings (SSSR count). The Balaban J connectivity index is 3.11. The van der Waals surface area contributed by atoms with E-state index in [1.165, 1.54) is 6.92 Å². The van der Waals surface area contributed by atoms with Crippen LogP contribution in [0.25, 0.3) is 0 Å². The van der Waals surface area contributed by atoms with Crippen LogP contribution in [0.15, 0.2) is 0 Å². The molecule has 0 spiro atoms. The predicted octanol–water partition coefficient (Wildman–Crippen LogP) is 1.10. The highest BCUT2D eigenvalue weighted by atomic mass is 19.4. The highest BCUT2D eigenvalue weighted by Crippen LogP contribution is 2.15. The van der Waals surface area contributed by atoms with Gasteiger partial charge in [-0.25, -0.2) is 0 Å². The lowest BCUT2D eigenvalue weighted by Crippen LogP contribution is -2.18. The predicted molar refractivity (Wildman–Crippen MR) is 39.5 cm³/mol. The maximum Gasteiger partial charge on any atom is 0.522 e. The summed E-state index contributed by atoms with van der Waals surface area (Å²) in [6, 6.07) is 0. The van der Waals surface area contributed by atoms with Gasteiger partial charge in [-0.3, -0.25) is 9.53 Å². The summed E-state index contributed by atoms with van der Waals surface area (Å²) in [5.41, 5.74) is 0. The summed E-state index contributed by atoms with van der Waals surface area (Å²) in [6.45, 7) is 0.555. The number of ether oxygens (including phenoxy) is 3. The van der Waals surface area contributed by atoms with Crippen LogP contribution < -0.4 is 0 Å². The highest BCUT2D eigenvalue weighted by molar-refractivity contribution is 5.65. The zero-order valence-electron chi connectivity index (χ0n) is 7.60. The van der Waals surface area contributed by atoms with E-state index < -0.39 is 18.9 Å². The largest absolute Gasteiger partial charge is 0.522 e. The fourth-order valence-corrected chi connectivity index (χ4v) is 0.563. The minimum absolute atomic E-state index is 0.0291. The van der Waals surface area contributed by atoms with Gasteiger partial charge in [-0.05, 0) is 0 Å². The van der Waals surface area contributed by atoms with Crippen molar-refractivity contribution in [3.05, 3.63) is 0 Å². The van der Waals surface area contributed by atoms with E-state index in [1.54, 1.807) is 0 Å². The van der Waals surface area contributed by atoms with Gasteiger partial charge in [0, 0.05) is 6.92 Å². The standard InChI is InChI=1S/C7H11F3O4/c1-6(11)13-4-2-12-3-5-14-7(8,9)10/h2-5H2,1H3. The lowest BCUT2D eigenvalue weighted by Gasteiger charge is -2.07. The van der Waals surface area contributed by atoms with Gasteiger partial charge < -0.3 is 9.47 Å². The summed E-state index contributed by atoms with van der Waals surface area (Å²) < 4.78 is 46.7. The molecule has 0 aliphatic carbocycles. The molecular formula is C7H11F3O4. The van der Waals surface area contributed by atoms with E-state index in [0.717, 1.165) is 0 Å². The van der Waals surface area contributed by atoms with E-state index in [0.29, 0.717) is 0 Å². The van der Waals surface area contributed by atoms with Crippen molar-refractivity contribution < 1.29 is 32.2 Å². The number of hydrogen-bond donors (Lipinski definition) is 0. The normalized spacial score (nSPS) is 11.4. The molecule has 0 aliphatic rings. The molecule has 0 saturated carbocycles. The topological polar surface area (TPSA) is 44.8 Å². The van der Waals surface area contributed by atoms with Gasteiger partial charge in [-0.2, -0.15) is 0 Å². The van der Waals surface area contributed by atoms with Gasteiger partial charge in [-0.1, -0.05) is 0 Å². The molecule has 7 heteroatoms. The first-order valence-electron chi connectivity index (χ1n) is 3.83. The SMILES string of the molecule is CC(=O)OCCOCCOC(F)(F)F. The summed E-state index contributed by atoms with van der Waals surface area (Å²) in [6.07, 6.45) is -4.63. The molecule has 0 atom stereocenters. The Morgan fingerprint density at radius 3 is 2.21 bits per heavy atom. The molecule has 4 nitrogen and oxygen atoms in total. The summed E-state index contributed by atoms with van der Waals surface area (Å²) in [5, 5.41) is 0. The first kappa shape index (κ1) is 13.2. The van der Waals surface area contributed by atoms with E-state index in [-0.39, 0.29) is 19.8 Å². The highest BCUT2D eigenvalue weighted by Gasteiger charge is 2.28. The molecule has 0 N–H and O–H groups in total. The van der Waals surface area contributed by atoms with E-state index in [1.807, 2.05) is 0 Å². The van der Waals surface area contributed by atoms with Crippen molar-refractivity contribution >= 4 is 5.97 Å². The molecule has 0 radical (unpaired) electrons. The van der Waals surface area contributed by atoms with Crippen molar-refractivity contribution in [2.45, 2.75) is 13.3 Å². The van der Waals surface area contributed by atoms with Crippen molar-refractivity contribution in [1.29, 1.82) is 0 Å². The second kappa shape index (κ2) is 6.61. The molecule has 0 saturated heterocycles. The lowest BCUT2D eigenvalue weighted by molar-refractivity contribution is -0.327. The molecule has 14 heavy (non-hydrogen) atoms. The zero-order valence-corrected chi connectivity index (χ0v) is 7.60. The number of carbonyl (C=O) groups is 1. The minimum Gasteiger partial charge on any atom is -0.463 e. The van der Waals surface area contributed by atoms with Crippen LogP contribution in [0.5, 0.6) is 0 Å². The third-order valence-corrected chi connectivity index (χ3v) is 1.03. The summed E-state index contributed by atoms with van der Waals surface area (Å²) >= 11 is 0. The first-order chi connectivity index (χ1) is 6.42. The maximum absolute atomic E-state index is 11.4. The van der Waals surface area contributed by atoms with E-state index in [4.69, 9.17) is 0 Å². The van der Waals surface area contributed by atoms with Crippen LogP contribution in [0.3, 0.4) is 0 Å².